The Morgan fingerprint density at radius 3 is 2.70 bits per heavy atom. The smallest absolute Gasteiger partial charge is 0.488 e. The van der Waals surface area contributed by atoms with Crippen molar-refractivity contribution >= 4 is 27.7 Å². The van der Waals surface area contributed by atoms with Crippen molar-refractivity contribution in [3.05, 3.63) is 34.7 Å². The minimum atomic E-state index is -5.87. The summed E-state index contributed by atoms with van der Waals surface area (Å²) in [6, 6.07) is 4.05. The zero-order valence-electron chi connectivity index (χ0n) is 11.1. The van der Waals surface area contributed by atoms with Crippen molar-refractivity contribution in [1.82, 2.24) is 0 Å². The largest absolute Gasteiger partial charge is 0.534 e. The molecule has 0 N–H and O–H groups in total. The molecule has 5 nitrogen and oxygen atoms in total. The van der Waals surface area contributed by atoms with E-state index in [4.69, 9.17) is 4.74 Å². The molecule has 2 heterocycles. The number of fused-ring (bicyclic) bond motifs is 3. The summed E-state index contributed by atoms with van der Waals surface area (Å²) in [5.41, 5.74) is -4.54. The van der Waals surface area contributed by atoms with Crippen molar-refractivity contribution in [3.63, 3.8) is 0 Å². The quantitative estimate of drug-likeness (QED) is 0.475. The van der Waals surface area contributed by atoms with Crippen LogP contribution in [0.1, 0.15) is 15.9 Å². The van der Waals surface area contributed by atoms with Crippen LogP contribution in [0.25, 0.3) is 10.4 Å². The number of carbonyl (C=O) groups excluding carboxylic acids is 1. The molecule has 1 aliphatic rings. The van der Waals surface area contributed by atoms with Crippen molar-refractivity contribution < 1.29 is 35.3 Å². The van der Waals surface area contributed by atoms with E-state index in [1.54, 1.807) is 0 Å². The topological polar surface area (TPSA) is 69.7 Å². The summed E-state index contributed by atoms with van der Waals surface area (Å²) in [6.45, 7) is 0.192. The van der Waals surface area contributed by atoms with Crippen molar-refractivity contribution in [3.8, 4) is 21.9 Å². The molecule has 2 aromatic rings. The third kappa shape index (κ3) is 2.68. The van der Waals surface area contributed by atoms with E-state index in [9.17, 15) is 26.4 Å². The van der Waals surface area contributed by atoms with Crippen molar-refractivity contribution in [2.24, 2.45) is 0 Å². The fourth-order valence-corrected chi connectivity index (χ4v) is 3.45. The maximum absolute atomic E-state index is 12.4. The van der Waals surface area contributed by atoms with E-state index in [2.05, 4.69) is 4.18 Å². The third-order valence-electron chi connectivity index (χ3n) is 3.10. The molecule has 0 aliphatic carbocycles. The highest BCUT2D eigenvalue weighted by Crippen LogP contribution is 2.44. The SMILES string of the molecule is O=Cc1cc2c(cc1OS(=O)(=O)C(F)(F)F)OCc1ccsc1-2. The van der Waals surface area contributed by atoms with E-state index >= 15 is 0 Å². The minimum absolute atomic E-state index is 0.151. The third-order valence-corrected chi connectivity index (χ3v) is 5.05. The average molecular weight is 364 g/mol. The highest BCUT2D eigenvalue weighted by atomic mass is 32.2. The van der Waals surface area contributed by atoms with Gasteiger partial charge in [0.05, 0.1) is 5.56 Å². The molecule has 0 saturated heterocycles. The number of aldehydes is 1. The van der Waals surface area contributed by atoms with E-state index in [0.29, 0.717) is 5.56 Å². The molecule has 0 atom stereocenters. The lowest BCUT2D eigenvalue weighted by Gasteiger charge is -2.19. The molecule has 0 radical (unpaired) electrons. The van der Waals surface area contributed by atoms with E-state index in [0.717, 1.165) is 16.5 Å². The highest BCUT2D eigenvalue weighted by molar-refractivity contribution is 7.88. The first-order valence-corrected chi connectivity index (χ1v) is 8.35. The Balaban J connectivity index is 2.10. The first kappa shape index (κ1) is 15.8. The number of hydrogen-bond acceptors (Lipinski definition) is 6. The molecule has 0 amide bonds. The molecule has 10 heteroatoms. The van der Waals surface area contributed by atoms with Crippen molar-refractivity contribution in [1.29, 1.82) is 0 Å². The van der Waals surface area contributed by atoms with Gasteiger partial charge in [0.1, 0.15) is 12.4 Å². The second-order valence-corrected chi connectivity index (χ2v) is 7.00. The summed E-state index contributed by atoms with van der Waals surface area (Å²) in [6.07, 6.45) is 0.226. The lowest BCUT2D eigenvalue weighted by atomic mass is 10.0. The van der Waals surface area contributed by atoms with Gasteiger partial charge in [-0.25, -0.2) is 0 Å². The van der Waals surface area contributed by atoms with Gasteiger partial charge >= 0.3 is 15.6 Å². The maximum Gasteiger partial charge on any atom is 0.534 e. The molecular weight excluding hydrogens is 357 g/mol. The molecule has 1 aliphatic heterocycles. The molecule has 3 rings (SSSR count). The molecule has 0 bridgehead atoms. The Hall–Kier alpha value is -2.07. The minimum Gasteiger partial charge on any atom is -0.488 e. The second-order valence-electron chi connectivity index (χ2n) is 4.55. The van der Waals surface area contributed by atoms with Crippen LogP contribution in [0.3, 0.4) is 0 Å². The van der Waals surface area contributed by atoms with Crippen LogP contribution in [0.2, 0.25) is 0 Å². The van der Waals surface area contributed by atoms with E-state index in [-0.39, 0.29) is 24.2 Å². The number of rotatable bonds is 3. The summed E-state index contributed by atoms with van der Waals surface area (Å²) in [4.78, 5) is 11.9. The van der Waals surface area contributed by atoms with Gasteiger partial charge in [-0.05, 0) is 17.5 Å². The van der Waals surface area contributed by atoms with Gasteiger partial charge in [-0.15, -0.1) is 11.3 Å². The van der Waals surface area contributed by atoms with Crippen LogP contribution in [-0.2, 0) is 16.7 Å². The summed E-state index contributed by atoms with van der Waals surface area (Å²) in [7, 11) is -5.87. The molecule has 122 valence electrons. The van der Waals surface area contributed by atoms with Gasteiger partial charge < -0.3 is 8.92 Å². The number of hydrogen-bond donors (Lipinski definition) is 0. The summed E-state index contributed by atoms with van der Waals surface area (Å²) < 4.78 is 68.9. The van der Waals surface area contributed by atoms with Gasteiger partial charge in [0.2, 0.25) is 0 Å². The second kappa shape index (κ2) is 5.24. The number of halogens is 3. The molecule has 1 aromatic heterocycles. The van der Waals surface area contributed by atoms with Gasteiger partial charge in [-0.3, -0.25) is 4.79 Å². The Morgan fingerprint density at radius 1 is 1.30 bits per heavy atom. The predicted molar refractivity (Wildman–Crippen MR) is 75.1 cm³/mol. The number of benzene rings is 1. The molecular formula is C13H7F3O5S2. The first-order valence-electron chi connectivity index (χ1n) is 6.06. The van der Waals surface area contributed by atoms with Gasteiger partial charge in [0, 0.05) is 22.1 Å². The van der Waals surface area contributed by atoms with Crippen LogP contribution in [0.15, 0.2) is 23.6 Å². The van der Waals surface area contributed by atoms with E-state index in [1.807, 2.05) is 11.4 Å². The predicted octanol–water partition coefficient (Wildman–Crippen LogP) is 3.35. The number of thiophene rings is 1. The van der Waals surface area contributed by atoms with Crippen LogP contribution < -0.4 is 8.92 Å². The number of carbonyl (C=O) groups is 1. The summed E-state index contributed by atoms with van der Waals surface area (Å²) in [5, 5.41) is 1.81. The molecule has 0 fully saturated rings. The maximum atomic E-state index is 12.4. The van der Waals surface area contributed by atoms with Crippen LogP contribution in [0, 0.1) is 0 Å². The fraction of sp³-hybridized carbons (Fsp3) is 0.154. The Bertz CT molecular complexity index is 884. The van der Waals surface area contributed by atoms with Crippen molar-refractivity contribution in [2.75, 3.05) is 0 Å². The van der Waals surface area contributed by atoms with Crippen molar-refractivity contribution in [2.45, 2.75) is 12.1 Å². The standard InChI is InChI=1S/C13H7F3O5S2/c14-13(15,16)23(18,19)21-10-4-11-9(3-8(10)5-17)12-7(6-20-11)1-2-22-12/h1-5H,6H2. The van der Waals surface area contributed by atoms with E-state index < -0.39 is 21.4 Å². The lowest BCUT2D eigenvalue weighted by Crippen LogP contribution is -2.28. The zero-order chi connectivity index (χ0) is 16.8. The average Bonchev–Trinajstić information content (AvgIpc) is 2.93. The number of ether oxygens (including phenoxy) is 1. The van der Waals surface area contributed by atoms with Gasteiger partial charge in [0.25, 0.3) is 0 Å². The monoisotopic (exact) mass is 364 g/mol. The number of alkyl halides is 3. The Kier molecular flexibility index (Phi) is 3.60. The van der Waals surface area contributed by atoms with Gasteiger partial charge in [0.15, 0.2) is 12.0 Å². The van der Waals surface area contributed by atoms with Crippen LogP contribution in [0.5, 0.6) is 11.5 Å². The fourth-order valence-electron chi connectivity index (χ4n) is 2.05. The molecule has 23 heavy (non-hydrogen) atoms. The summed E-state index contributed by atoms with van der Waals surface area (Å²) >= 11 is 1.38. The van der Waals surface area contributed by atoms with Crippen LogP contribution in [0.4, 0.5) is 13.2 Å². The molecule has 0 unspecified atom stereocenters. The molecule has 0 saturated carbocycles. The zero-order valence-corrected chi connectivity index (χ0v) is 12.7. The normalized spacial score (nSPS) is 13.7. The van der Waals surface area contributed by atoms with Gasteiger partial charge in [-0.1, -0.05) is 0 Å². The van der Waals surface area contributed by atoms with Gasteiger partial charge in [-0.2, -0.15) is 21.6 Å². The molecule has 0 spiro atoms. The lowest BCUT2D eigenvalue weighted by molar-refractivity contribution is -0.0500. The first-order chi connectivity index (χ1) is 10.7. The van der Waals surface area contributed by atoms with E-state index in [1.165, 1.54) is 17.4 Å². The highest BCUT2D eigenvalue weighted by Gasteiger charge is 2.49. The Morgan fingerprint density at radius 2 is 2.04 bits per heavy atom. The summed E-state index contributed by atoms with van der Waals surface area (Å²) in [5.74, 6) is -0.575. The van der Waals surface area contributed by atoms with Crippen LogP contribution >= 0.6 is 11.3 Å². The molecule has 1 aromatic carbocycles. The van der Waals surface area contributed by atoms with Crippen LogP contribution in [-0.4, -0.2) is 20.2 Å². The Labute approximate surface area is 132 Å².